The van der Waals surface area contributed by atoms with Crippen LogP contribution < -0.4 is 0 Å². The van der Waals surface area contributed by atoms with Crippen molar-refractivity contribution in [1.82, 2.24) is 0 Å². The van der Waals surface area contributed by atoms with E-state index >= 15 is 0 Å². The first-order chi connectivity index (χ1) is 34.0. The lowest BCUT2D eigenvalue weighted by atomic mass is 10.0. The summed E-state index contributed by atoms with van der Waals surface area (Å²) in [7, 11) is 0. The van der Waals surface area contributed by atoms with Gasteiger partial charge in [-0.25, -0.2) is 0 Å². The average Bonchev–Trinajstić information content (AvgIpc) is 3.35. The summed E-state index contributed by atoms with van der Waals surface area (Å²) in [4.78, 5) is 38.1. The van der Waals surface area contributed by atoms with Crippen LogP contribution in [0.5, 0.6) is 0 Å². The summed E-state index contributed by atoms with van der Waals surface area (Å²) in [5, 5.41) is 0. The van der Waals surface area contributed by atoms with Crippen molar-refractivity contribution in [1.29, 1.82) is 0 Å². The maximum absolute atomic E-state index is 12.8. The van der Waals surface area contributed by atoms with E-state index < -0.39 is 6.10 Å². The van der Waals surface area contributed by atoms with E-state index in [1.807, 2.05) is 0 Å². The average molecular weight is 960 g/mol. The third-order valence-corrected chi connectivity index (χ3v) is 12.1. The molecule has 0 saturated carbocycles. The molecule has 0 aliphatic rings. The van der Waals surface area contributed by atoms with Crippen LogP contribution in [0.15, 0.2) is 97.2 Å². The zero-order chi connectivity index (χ0) is 50.0. The van der Waals surface area contributed by atoms with Gasteiger partial charge < -0.3 is 14.2 Å². The zero-order valence-electron chi connectivity index (χ0n) is 45.0. The minimum absolute atomic E-state index is 0.115. The van der Waals surface area contributed by atoms with Gasteiger partial charge in [0.05, 0.1) is 0 Å². The van der Waals surface area contributed by atoms with Crippen molar-refractivity contribution in [2.75, 3.05) is 13.2 Å². The monoisotopic (exact) mass is 959 g/mol. The Morgan fingerprint density at radius 3 is 0.870 bits per heavy atom. The smallest absolute Gasteiger partial charge is 0.306 e. The normalized spacial score (nSPS) is 12.8. The van der Waals surface area contributed by atoms with E-state index in [2.05, 4.69) is 118 Å². The molecule has 0 rings (SSSR count). The topological polar surface area (TPSA) is 78.9 Å². The number of carbonyl (C=O) groups is 3. The van der Waals surface area contributed by atoms with Crippen LogP contribution in [-0.4, -0.2) is 37.2 Å². The van der Waals surface area contributed by atoms with E-state index in [4.69, 9.17) is 14.2 Å². The Bertz CT molecular complexity index is 1380. The fourth-order valence-electron chi connectivity index (χ4n) is 7.72. The van der Waals surface area contributed by atoms with Crippen molar-refractivity contribution < 1.29 is 28.6 Å². The molecule has 0 unspecified atom stereocenters. The number of esters is 3. The third kappa shape index (κ3) is 55.1. The molecule has 0 heterocycles. The van der Waals surface area contributed by atoms with E-state index in [9.17, 15) is 14.4 Å². The predicted octanol–water partition coefficient (Wildman–Crippen LogP) is 19.3. The fourth-order valence-corrected chi connectivity index (χ4v) is 7.72. The van der Waals surface area contributed by atoms with E-state index in [0.717, 1.165) is 70.6 Å². The van der Waals surface area contributed by atoms with Gasteiger partial charge in [0.1, 0.15) is 13.2 Å². The highest BCUT2D eigenvalue weighted by Gasteiger charge is 2.19. The third-order valence-electron chi connectivity index (χ3n) is 12.1. The molecule has 0 aromatic carbocycles. The summed E-state index contributed by atoms with van der Waals surface area (Å²) in [6.45, 7) is 6.50. The standard InChI is InChI=1S/C63H106O6/c1-4-7-10-13-16-19-22-25-28-31-34-37-40-43-46-49-52-55-61(64)67-58-60(69-63(66)57-54-51-48-45-42-39-36-33-30-27-24-21-18-15-12-9-6-3)59-68-62(65)56-53-50-47-44-41-38-35-32-29-26-23-20-17-14-11-8-5-2/h16,18-19,21,25,27-28,30,34,36-37,39,43,45-46,48,60H,4-15,17,20,22-24,26,29,31-33,35,38,40-42,44,47,49-59H2,1-3H3/t60-/m0/s1. The number of allylic oxidation sites excluding steroid dienone is 16. The van der Waals surface area contributed by atoms with Gasteiger partial charge >= 0.3 is 17.9 Å². The number of carbonyl (C=O) groups excluding carboxylic acids is 3. The molecule has 0 radical (unpaired) electrons. The molecule has 0 fully saturated rings. The minimum Gasteiger partial charge on any atom is -0.462 e. The van der Waals surface area contributed by atoms with Gasteiger partial charge in [0, 0.05) is 19.3 Å². The van der Waals surface area contributed by atoms with Gasteiger partial charge in [0.15, 0.2) is 6.10 Å². The Labute approximate surface area is 426 Å². The van der Waals surface area contributed by atoms with Gasteiger partial charge in [0.2, 0.25) is 0 Å². The largest absolute Gasteiger partial charge is 0.462 e. The van der Waals surface area contributed by atoms with Gasteiger partial charge in [-0.1, -0.05) is 246 Å². The second kappa shape index (κ2) is 56.9. The summed E-state index contributed by atoms with van der Waals surface area (Å²) in [5.41, 5.74) is 0. The molecular formula is C63H106O6. The molecule has 6 heteroatoms. The molecule has 0 aromatic heterocycles. The highest BCUT2D eigenvalue weighted by Crippen LogP contribution is 2.15. The molecule has 0 aliphatic heterocycles. The van der Waals surface area contributed by atoms with Gasteiger partial charge in [-0.05, 0) is 96.3 Å². The molecule has 6 nitrogen and oxygen atoms in total. The maximum atomic E-state index is 12.8. The quantitative estimate of drug-likeness (QED) is 0.0262. The van der Waals surface area contributed by atoms with Crippen molar-refractivity contribution in [3.63, 3.8) is 0 Å². The van der Waals surface area contributed by atoms with Crippen LogP contribution in [0, 0.1) is 0 Å². The van der Waals surface area contributed by atoms with Crippen LogP contribution in [-0.2, 0) is 28.6 Å². The van der Waals surface area contributed by atoms with Crippen molar-refractivity contribution in [3.05, 3.63) is 97.2 Å². The molecule has 394 valence electrons. The van der Waals surface area contributed by atoms with E-state index in [0.29, 0.717) is 19.3 Å². The lowest BCUT2D eigenvalue weighted by molar-refractivity contribution is -0.167. The van der Waals surface area contributed by atoms with Crippen LogP contribution >= 0.6 is 0 Å². The number of hydrogen-bond acceptors (Lipinski definition) is 6. The number of unbranched alkanes of at least 4 members (excludes halogenated alkanes) is 24. The van der Waals surface area contributed by atoms with Crippen molar-refractivity contribution >= 4 is 17.9 Å². The summed E-state index contributed by atoms with van der Waals surface area (Å²) in [6, 6.07) is 0. The molecular weight excluding hydrogens is 853 g/mol. The predicted molar refractivity (Wildman–Crippen MR) is 297 cm³/mol. The number of hydrogen-bond donors (Lipinski definition) is 0. The van der Waals surface area contributed by atoms with Gasteiger partial charge in [-0.3, -0.25) is 14.4 Å². The molecule has 69 heavy (non-hydrogen) atoms. The second-order valence-corrected chi connectivity index (χ2v) is 18.8. The maximum Gasteiger partial charge on any atom is 0.306 e. The number of ether oxygens (including phenoxy) is 3. The van der Waals surface area contributed by atoms with Gasteiger partial charge in [-0.2, -0.15) is 0 Å². The molecule has 1 atom stereocenters. The Kier molecular flexibility index (Phi) is 53.9. The zero-order valence-corrected chi connectivity index (χ0v) is 45.0. The van der Waals surface area contributed by atoms with Crippen LogP contribution in [0.3, 0.4) is 0 Å². The molecule has 0 aromatic rings. The first-order valence-electron chi connectivity index (χ1n) is 28.7. The molecule has 0 amide bonds. The van der Waals surface area contributed by atoms with Crippen molar-refractivity contribution in [2.24, 2.45) is 0 Å². The Hall–Kier alpha value is -3.67. The molecule has 0 aliphatic carbocycles. The fraction of sp³-hybridized carbons (Fsp3) is 0.698. The van der Waals surface area contributed by atoms with E-state index in [1.54, 1.807) is 0 Å². The van der Waals surface area contributed by atoms with Crippen LogP contribution in [0.1, 0.15) is 265 Å². The Morgan fingerprint density at radius 1 is 0.290 bits per heavy atom. The Morgan fingerprint density at radius 2 is 0.536 bits per heavy atom. The molecule has 0 N–H and O–H groups in total. The van der Waals surface area contributed by atoms with Crippen molar-refractivity contribution in [3.8, 4) is 0 Å². The Balaban J connectivity index is 4.54. The van der Waals surface area contributed by atoms with Crippen LogP contribution in [0.2, 0.25) is 0 Å². The van der Waals surface area contributed by atoms with Crippen LogP contribution in [0.25, 0.3) is 0 Å². The first kappa shape index (κ1) is 65.3. The second-order valence-electron chi connectivity index (χ2n) is 18.8. The molecule has 0 saturated heterocycles. The lowest BCUT2D eigenvalue weighted by Crippen LogP contribution is -2.30. The highest BCUT2D eigenvalue weighted by molar-refractivity contribution is 5.71. The SMILES string of the molecule is CCCCCC=CCC=CCC=CCC=CCCCC(=O)OC[C@@H](COC(=O)CCCCCCCCCCCCCCCCCCC)OC(=O)CCCC=CCC=CCC=CCC=CCCCCC. The summed E-state index contributed by atoms with van der Waals surface area (Å²) >= 11 is 0. The van der Waals surface area contributed by atoms with E-state index in [-0.39, 0.29) is 44.0 Å². The van der Waals surface area contributed by atoms with Gasteiger partial charge in [0.25, 0.3) is 0 Å². The highest BCUT2D eigenvalue weighted by atomic mass is 16.6. The summed E-state index contributed by atoms with van der Waals surface area (Å²) in [6.07, 6.45) is 75.5. The van der Waals surface area contributed by atoms with Crippen LogP contribution in [0.4, 0.5) is 0 Å². The molecule has 0 bridgehead atoms. The molecule has 0 spiro atoms. The summed E-state index contributed by atoms with van der Waals surface area (Å²) < 4.78 is 16.8. The summed E-state index contributed by atoms with van der Waals surface area (Å²) in [5.74, 6) is -1.03. The van der Waals surface area contributed by atoms with Crippen molar-refractivity contribution in [2.45, 2.75) is 271 Å². The number of rotatable bonds is 51. The first-order valence-corrected chi connectivity index (χ1v) is 28.7. The van der Waals surface area contributed by atoms with E-state index in [1.165, 1.54) is 141 Å². The minimum atomic E-state index is -0.828. The van der Waals surface area contributed by atoms with Gasteiger partial charge in [-0.15, -0.1) is 0 Å². The lowest BCUT2D eigenvalue weighted by Gasteiger charge is -2.18.